The van der Waals surface area contributed by atoms with Crippen molar-refractivity contribution in [2.24, 2.45) is 5.92 Å². The number of carbonyl (C=O) groups is 1. The van der Waals surface area contributed by atoms with E-state index >= 15 is 0 Å². The van der Waals surface area contributed by atoms with Crippen molar-refractivity contribution in [2.75, 3.05) is 19.6 Å². The van der Waals surface area contributed by atoms with Gasteiger partial charge in [0.05, 0.1) is 4.88 Å². The van der Waals surface area contributed by atoms with Crippen molar-refractivity contribution in [1.29, 1.82) is 0 Å². The Morgan fingerprint density at radius 2 is 2.47 bits per heavy atom. The Bertz CT molecular complexity index is 362. The predicted octanol–water partition coefficient (Wildman–Crippen LogP) is 2.21. The van der Waals surface area contributed by atoms with Crippen molar-refractivity contribution in [3.05, 3.63) is 22.4 Å². The summed E-state index contributed by atoms with van der Waals surface area (Å²) in [5.41, 5.74) is 0. The van der Waals surface area contributed by atoms with Crippen molar-refractivity contribution >= 4 is 17.2 Å². The molecule has 0 aromatic carbocycles. The van der Waals surface area contributed by atoms with Crippen LogP contribution >= 0.6 is 11.3 Å². The Hall–Kier alpha value is -0.870. The van der Waals surface area contributed by atoms with Crippen LogP contribution in [-0.4, -0.2) is 36.5 Å². The minimum absolute atomic E-state index is 0.0722. The minimum Gasteiger partial charge on any atom is -0.351 e. The lowest BCUT2D eigenvalue weighted by molar-refractivity contribution is 0.0951. The van der Waals surface area contributed by atoms with Crippen molar-refractivity contribution in [2.45, 2.75) is 26.3 Å². The van der Waals surface area contributed by atoms with Gasteiger partial charge in [-0.1, -0.05) is 6.07 Å². The zero-order chi connectivity index (χ0) is 12.3. The summed E-state index contributed by atoms with van der Waals surface area (Å²) in [4.78, 5) is 15.0. The molecule has 1 saturated heterocycles. The molecular weight excluding hydrogens is 232 g/mol. The smallest absolute Gasteiger partial charge is 0.261 e. The van der Waals surface area contributed by atoms with Gasteiger partial charge in [0.15, 0.2) is 0 Å². The summed E-state index contributed by atoms with van der Waals surface area (Å²) in [6.07, 6.45) is 1.20. The van der Waals surface area contributed by atoms with Crippen LogP contribution < -0.4 is 5.32 Å². The molecule has 0 radical (unpaired) electrons. The predicted molar refractivity (Wildman–Crippen MR) is 71.5 cm³/mol. The highest BCUT2D eigenvalue weighted by molar-refractivity contribution is 7.12. The first-order valence-corrected chi connectivity index (χ1v) is 7.10. The van der Waals surface area contributed by atoms with Crippen LogP contribution in [0.4, 0.5) is 0 Å². The lowest BCUT2D eigenvalue weighted by Gasteiger charge is -2.20. The van der Waals surface area contributed by atoms with E-state index in [1.807, 2.05) is 17.5 Å². The van der Waals surface area contributed by atoms with Gasteiger partial charge in [-0.05, 0) is 44.2 Å². The maximum Gasteiger partial charge on any atom is 0.261 e. The molecule has 1 amide bonds. The monoisotopic (exact) mass is 252 g/mol. The second-order valence-electron chi connectivity index (χ2n) is 4.93. The first-order valence-electron chi connectivity index (χ1n) is 6.22. The molecule has 2 rings (SSSR count). The van der Waals surface area contributed by atoms with E-state index in [-0.39, 0.29) is 5.91 Å². The van der Waals surface area contributed by atoms with Crippen LogP contribution in [0.15, 0.2) is 17.5 Å². The molecule has 1 aliphatic heterocycles. The first-order chi connectivity index (χ1) is 8.16. The summed E-state index contributed by atoms with van der Waals surface area (Å²) in [5.74, 6) is 0.685. The lowest BCUT2D eigenvalue weighted by Crippen LogP contribution is -2.32. The van der Waals surface area contributed by atoms with E-state index in [4.69, 9.17) is 0 Å². The van der Waals surface area contributed by atoms with E-state index in [0.717, 1.165) is 24.5 Å². The van der Waals surface area contributed by atoms with Crippen LogP contribution in [-0.2, 0) is 0 Å². The number of thiophene rings is 1. The number of hydrogen-bond donors (Lipinski definition) is 1. The first kappa shape index (κ1) is 12.6. The van der Waals surface area contributed by atoms with Crippen molar-refractivity contribution in [3.63, 3.8) is 0 Å². The molecule has 2 heterocycles. The minimum atomic E-state index is 0.0722. The number of amides is 1. The summed E-state index contributed by atoms with van der Waals surface area (Å²) in [6.45, 7) is 7.54. The molecule has 94 valence electrons. The second-order valence-corrected chi connectivity index (χ2v) is 5.88. The van der Waals surface area contributed by atoms with Crippen molar-refractivity contribution in [1.82, 2.24) is 10.2 Å². The maximum absolute atomic E-state index is 11.8. The third-order valence-electron chi connectivity index (χ3n) is 3.34. The Balaban J connectivity index is 1.75. The zero-order valence-corrected chi connectivity index (χ0v) is 11.3. The SMILES string of the molecule is CC(C)N1CCC(CNC(=O)c2cccs2)C1. The van der Waals surface area contributed by atoms with Gasteiger partial charge in [-0.2, -0.15) is 0 Å². The number of hydrogen-bond acceptors (Lipinski definition) is 3. The zero-order valence-electron chi connectivity index (χ0n) is 10.5. The van der Waals surface area contributed by atoms with Crippen molar-refractivity contribution < 1.29 is 4.79 Å². The summed E-state index contributed by atoms with van der Waals surface area (Å²) in [5, 5.41) is 4.97. The topological polar surface area (TPSA) is 32.3 Å². The van der Waals surface area contributed by atoms with Gasteiger partial charge in [0.2, 0.25) is 0 Å². The van der Waals surface area contributed by atoms with Crippen LogP contribution in [0.1, 0.15) is 29.9 Å². The van der Waals surface area contributed by atoms with E-state index in [2.05, 4.69) is 24.1 Å². The van der Waals surface area contributed by atoms with Gasteiger partial charge in [0, 0.05) is 19.1 Å². The third-order valence-corrected chi connectivity index (χ3v) is 4.21. The maximum atomic E-state index is 11.8. The number of likely N-dealkylation sites (tertiary alicyclic amines) is 1. The molecule has 1 fully saturated rings. The Kier molecular flexibility index (Phi) is 4.18. The molecule has 4 heteroatoms. The fraction of sp³-hybridized carbons (Fsp3) is 0.615. The van der Waals surface area contributed by atoms with E-state index in [0.29, 0.717) is 12.0 Å². The molecule has 17 heavy (non-hydrogen) atoms. The summed E-state index contributed by atoms with van der Waals surface area (Å²) in [6, 6.07) is 4.40. The van der Waals surface area contributed by atoms with Gasteiger partial charge < -0.3 is 10.2 Å². The molecule has 1 aromatic rings. The van der Waals surface area contributed by atoms with Crippen LogP contribution in [0.25, 0.3) is 0 Å². The molecule has 1 atom stereocenters. The van der Waals surface area contributed by atoms with Gasteiger partial charge in [0.25, 0.3) is 5.91 Å². The van der Waals surface area contributed by atoms with Crippen LogP contribution in [0, 0.1) is 5.92 Å². The summed E-state index contributed by atoms with van der Waals surface area (Å²) in [7, 11) is 0. The van der Waals surface area contributed by atoms with Crippen LogP contribution in [0.3, 0.4) is 0 Å². The van der Waals surface area contributed by atoms with Gasteiger partial charge in [-0.25, -0.2) is 0 Å². The molecule has 0 aliphatic carbocycles. The molecule has 1 aromatic heterocycles. The Morgan fingerprint density at radius 3 is 3.06 bits per heavy atom. The van der Waals surface area contributed by atoms with Gasteiger partial charge >= 0.3 is 0 Å². The normalized spacial score (nSPS) is 21.0. The van der Waals surface area contributed by atoms with Crippen molar-refractivity contribution in [3.8, 4) is 0 Å². The molecule has 1 N–H and O–H groups in total. The van der Waals surface area contributed by atoms with E-state index in [9.17, 15) is 4.79 Å². The summed E-state index contributed by atoms with van der Waals surface area (Å²) < 4.78 is 0. The Labute approximate surface area is 107 Å². The molecule has 0 saturated carbocycles. The quantitative estimate of drug-likeness (QED) is 0.891. The number of carbonyl (C=O) groups excluding carboxylic acids is 1. The number of nitrogens with zero attached hydrogens (tertiary/aromatic N) is 1. The number of nitrogens with one attached hydrogen (secondary N) is 1. The molecule has 3 nitrogen and oxygen atoms in total. The number of rotatable bonds is 4. The molecule has 0 bridgehead atoms. The van der Waals surface area contributed by atoms with E-state index in [1.165, 1.54) is 17.8 Å². The highest BCUT2D eigenvalue weighted by Crippen LogP contribution is 2.18. The fourth-order valence-electron chi connectivity index (χ4n) is 2.23. The van der Waals surface area contributed by atoms with Gasteiger partial charge in [-0.15, -0.1) is 11.3 Å². The summed E-state index contributed by atoms with van der Waals surface area (Å²) >= 11 is 1.50. The molecular formula is C13H20N2OS. The molecule has 0 spiro atoms. The van der Waals surface area contributed by atoms with E-state index in [1.54, 1.807) is 0 Å². The highest BCUT2D eigenvalue weighted by Gasteiger charge is 2.24. The van der Waals surface area contributed by atoms with E-state index < -0.39 is 0 Å². The van der Waals surface area contributed by atoms with Gasteiger partial charge in [0.1, 0.15) is 0 Å². The lowest BCUT2D eigenvalue weighted by atomic mass is 10.1. The van der Waals surface area contributed by atoms with Crippen LogP contribution in [0.2, 0.25) is 0 Å². The standard InChI is InChI=1S/C13H20N2OS/c1-10(2)15-6-5-11(9-15)8-14-13(16)12-4-3-7-17-12/h3-4,7,10-11H,5-6,8-9H2,1-2H3,(H,14,16). The van der Waals surface area contributed by atoms with Crippen LogP contribution in [0.5, 0.6) is 0 Å². The third kappa shape index (κ3) is 3.30. The largest absolute Gasteiger partial charge is 0.351 e. The van der Waals surface area contributed by atoms with Gasteiger partial charge in [-0.3, -0.25) is 4.79 Å². The average molecular weight is 252 g/mol. The average Bonchev–Trinajstić information content (AvgIpc) is 2.97. The second kappa shape index (κ2) is 5.65. The molecule has 1 aliphatic rings. The Morgan fingerprint density at radius 1 is 1.65 bits per heavy atom. The molecule has 1 unspecified atom stereocenters. The fourth-order valence-corrected chi connectivity index (χ4v) is 2.87. The highest BCUT2D eigenvalue weighted by atomic mass is 32.1.